The molecule has 0 radical (unpaired) electrons. The van der Waals surface area contributed by atoms with Gasteiger partial charge in [0.05, 0.1) is 16.8 Å². The summed E-state index contributed by atoms with van der Waals surface area (Å²) in [6, 6.07) is 4.83. The molecule has 0 spiro atoms. The summed E-state index contributed by atoms with van der Waals surface area (Å²) in [5, 5.41) is 10.2. The summed E-state index contributed by atoms with van der Waals surface area (Å²) in [5.74, 6) is 0. The van der Waals surface area contributed by atoms with Crippen molar-refractivity contribution in [2.24, 2.45) is 0 Å². The van der Waals surface area contributed by atoms with Gasteiger partial charge in [0.15, 0.2) is 0 Å². The Hall–Kier alpha value is -0.835. The molecule has 1 aromatic carbocycles. The predicted octanol–water partition coefficient (Wildman–Crippen LogP) is 2.52. The lowest BCUT2D eigenvalue weighted by molar-refractivity contribution is 0.00578. The van der Waals surface area contributed by atoms with Gasteiger partial charge in [-0.2, -0.15) is 0 Å². The molecule has 0 saturated carbocycles. The summed E-state index contributed by atoms with van der Waals surface area (Å²) < 4.78 is 35.3. The van der Waals surface area contributed by atoms with Gasteiger partial charge in [0.25, 0.3) is 0 Å². The Morgan fingerprint density at radius 2 is 1.70 bits per heavy atom. The molecule has 110 valence electrons. The van der Waals surface area contributed by atoms with Gasteiger partial charge in [-0.15, -0.1) is 0 Å². The second-order valence-corrected chi connectivity index (χ2v) is 6.95. The molecule has 0 aliphatic carbocycles. The zero-order valence-corrected chi connectivity index (χ0v) is 13.1. The van der Waals surface area contributed by atoms with Crippen LogP contribution in [0.1, 0.15) is 56.8 Å². The van der Waals surface area contributed by atoms with Crippen molar-refractivity contribution in [2.45, 2.75) is 65.2 Å². The van der Waals surface area contributed by atoms with Crippen LogP contribution in [0.2, 0.25) is 0 Å². The van der Waals surface area contributed by atoms with Crippen molar-refractivity contribution in [1.82, 2.24) is 0 Å². The third kappa shape index (κ3) is 2.65. The maximum atomic E-state index is 10.2. The minimum absolute atomic E-state index is 0.184. The Balaban J connectivity index is 2.56. The van der Waals surface area contributed by atoms with Gasteiger partial charge in [0.1, 0.15) is 0 Å². The number of hydrogen-bond acceptors (Lipinski definition) is 3. The average Bonchev–Trinajstić information content (AvgIpc) is 2.55. The lowest BCUT2D eigenvalue weighted by atomic mass is 9.74. The summed E-state index contributed by atoms with van der Waals surface area (Å²) >= 11 is 0. The molecule has 0 amide bonds. The summed E-state index contributed by atoms with van der Waals surface area (Å²) in [4.78, 5) is 0. The Morgan fingerprint density at radius 1 is 1.15 bits per heavy atom. The topological polar surface area (TPSA) is 38.7 Å². The zero-order chi connectivity index (χ0) is 17.8. The standard InChI is InChI=1S/C16H25BO3/c1-11-8-9-12(14(2,3)18)10-13(11)17-19-15(4,5)16(6,7)20-17/h8-10,18H,1-7H3/i1D3. The van der Waals surface area contributed by atoms with Crippen LogP contribution in [0.15, 0.2) is 18.2 Å². The van der Waals surface area contributed by atoms with E-state index in [0.29, 0.717) is 11.0 Å². The van der Waals surface area contributed by atoms with E-state index in [9.17, 15) is 5.11 Å². The van der Waals surface area contributed by atoms with Crippen molar-refractivity contribution < 1.29 is 18.5 Å². The molecule has 20 heavy (non-hydrogen) atoms. The van der Waals surface area contributed by atoms with E-state index in [2.05, 4.69) is 0 Å². The second kappa shape index (κ2) is 4.59. The monoisotopic (exact) mass is 279 g/mol. The molecule has 0 bridgehead atoms. The van der Waals surface area contributed by atoms with Crippen LogP contribution in [0.5, 0.6) is 0 Å². The zero-order valence-electron chi connectivity index (χ0n) is 16.1. The van der Waals surface area contributed by atoms with E-state index in [1.165, 1.54) is 6.07 Å². The van der Waals surface area contributed by atoms with E-state index in [4.69, 9.17) is 13.4 Å². The van der Waals surface area contributed by atoms with Crippen LogP contribution in [0.3, 0.4) is 0 Å². The molecule has 1 aromatic rings. The predicted molar refractivity (Wildman–Crippen MR) is 82.1 cm³/mol. The van der Waals surface area contributed by atoms with Crippen molar-refractivity contribution in [1.29, 1.82) is 0 Å². The maximum Gasteiger partial charge on any atom is 0.495 e. The Bertz CT molecular complexity index is 588. The van der Waals surface area contributed by atoms with Crippen LogP contribution in [-0.4, -0.2) is 23.4 Å². The lowest BCUT2D eigenvalue weighted by Gasteiger charge is -2.32. The molecule has 1 aliphatic rings. The molecule has 1 saturated heterocycles. The Labute approximate surface area is 126 Å². The molecule has 4 heteroatoms. The van der Waals surface area contributed by atoms with Crippen LogP contribution < -0.4 is 5.46 Å². The molecular formula is C16H25BO3. The number of benzene rings is 1. The lowest BCUT2D eigenvalue weighted by Crippen LogP contribution is -2.41. The normalized spacial score (nSPS) is 24.1. The van der Waals surface area contributed by atoms with Crippen molar-refractivity contribution in [2.75, 3.05) is 0 Å². The molecule has 2 rings (SSSR count). The van der Waals surface area contributed by atoms with Gasteiger partial charge in [-0.3, -0.25) is 0 Å². The number of rotatable bonds is 2. The van der Waals surface area contributed by atoms with Crippen LogP contribution in [0.4, 0.5) is 0 Å². The summed E-state index contributed by atoms with van der Waals surface area (Å²) in [7, 11) is -0.780. The quantitative estimate of drug-likeness (QED) is 0.845. The SMILES string of the molecule is [2H]C([2H])([2H])c1ccc(C(C)(C)O)cc1B1OC(C)(C)C(C)(C)O1. The van der Waals surface area contributed by atoms with E-state index < -0.39 is 30.8 Å². The van der Waals surface area contributed by atoms with Crippen molar-refractivity contribution in [3.8, 4) is 0 Å². The molecule has 0 unspecified atom stereocenters. The highest BCUT2D eigenvalue weighted by atomic mass is 16.7. The summed E-state index contributed by atoms with van der Waals surface area (Å²) in [6.07, 6.45) is 0. The third-order valence-electron chi connectivity index (χ3n) is 4.27. The first-order valence-electron chi connectivity index (χ1n) is 8.38. The molecule has 1 fully saturated rings. The largest absolute Gasteiger partial charge is 0.495 e. The minimum atomic E-state index is -2.28. The molecular weight excluding hydrogens is 251 g/mol. The van der Waals surface area contributed by atoms with E-state index >= 15 is 0 Å². The van der Waals surface area contributed by atoms with Crippen LogP contribution in [0, 0.1) is 6.85 Å². The second-order valence-electron chi connectivity index (χ2n) is 6.95. The van der Waals surface area contributed by atoms with E-state index in [-0.39, 0.29) is 5.56 Å². The van der Waals surface area contributed by atoms with Gasteiger partial charge in [-0.1, -0.05) is 23.8 Å². The fourth-order valence-corrected chi connectivity index (χ4v) is 2.11. The van der Waals surface area contributed by atoms with E-state index in [1.807, 2.05) is 27.7 Å². The van der Waals surface area contributed by atoms with Crippen molar-refractivity contribution >= 4 is 12.6 Å². The maximum absolute atomic E-state index is 10.2. The fraction of sp³-hybridized carbons (Fsp3) is 0.625. The van der Waals surface area contributed by atoms with Crippen molar-refractivity contribution in [3.63, 3.8) is 0 Å². The highest BCUT2D eigenvalue weighted by Gasteiger charge is 2.52. The van der Waals surface area contributed by atoms with Gasteiger partial charge >= 0.3 is 7.12 Å². The van der Waals surface area contributed by atoms with Crippen LogP contribution in [-0.2, 0) is 14.9 Å². The van der Waals surface area contributed by atoms with E-state index in [1.54, 1.807) is 26.0 Å². The van der Waals surface area contributed by atoms with Gasteiger partial charge in [-0.25, -0.2) is 0 Å². The highest BCUT2D eigenvalue weighted by molar-refractivity contribution is 6.62. The summed E-state index contributed by atoms with van der Waals surface area (Å²) in [5.41, 5.74) is -0.948. The van der Waals surface area contributed by atoms with Crippen molar-refractivity contribution in [3.05, 3.63) is 29.3 Å². The first-order valence-corrected chi connectivity index (χ1v) is 6.88. The summed E-state index contributed by atoms with van der Waals surface area (Å²) in [6.45, 7) is 8.71. The Morgan fingerprint density at radius 3 is 2.15 bits per heavy atom. The molecule has 1 aliphatic heterocycles. The minimum Gasteiger partial charge on any atom is -0.399 e. The molecule has 1 N–H and O–H groups in total. The van der Waals surface area contributed by atoms with Gasteiger partial charge in [0.2, 0.25) is 0 Å². The van der Waals surface area contributed by atoms with Crippen LogP contribution in [0.25, 0.3) is 0 Å². The fourth-order valence-electron chi connectivity index (χ4n) is 2.11. The molecule has 3 nitrogen and oxygen atoms in total. The number of aliphatic hydroxyl groups is 1. The van der Waals surface area contributed by atoms with E-state index in [0.717, 1.165) is 0 Å². The van der Waals surface area contributed by atoms with Crippen LogP contribution >= 0.6 is 0 Å². The molecule has 0 aromatic heterocycles. The molecule has 0 atom stereocenters. The number of aryl methyl sites for hydroxylation is 1. The first kappa shape index (κ1) is 11.8. The Kier molecular flexibility index (Phi) is 2.70. The van der Waals surface area contributed by atoms with Gasteiger partial charge in [-0.05, 0) is 59.4 Å². The highest BCUT2D eigenvalue weighted by Crippen LogP contribution is 2.36. The average molecular weight is 279 g/mol. The van der Waals surface area contributed by atoms with Gasteiger partial charge in [0, 0.05) is 4.11 Å². The van der Waals surface area contributed by atoms with Gasteiger partial charge < -0.3 is 14.4 Å². The third-order valence-corrected chi connectivity index (χ3v) is 4.27. The smallest absolute Gasteiger partial charge is 0.399 e. The number of hydrogen-bond donors (Lipinski definition) is 1. The first-order chi connectivity index (χ1) is 10.2. The molecule has 1 heterocycles.